The standard InChI is InChI=1S/C54H82N8O14/c1-32(2)20-22-34-41(74-30-40(63)49(66)36(16-8-12-24-55)60-53(69)38(62-73-7)18-10-14-26-57)28-43-47(48(34)65)50(67)46-35(23-21-33(3)4)51(71-5)44(29-42(46)76-43)75-31-45(64)59-37(17-9-13-25-56)52(68)61-39(54(70)72-6)19-11-15-27-58/h20-21,28-29,36-39,62,65H,8-19,22-27,30-31,55-58H2,1-7H3,(H,59,64)(H,60,69)(H,61,68)/t36-,37-,38-,39-/m0/s1. The van der Waals surface area contributed by atoms with Crippen molar-refractivity contribution >= 4 is 57.2 Å². The third kappa shape index (κ3) is 19.3. The van der Waals surface area contributed by atoms with Crippen LogP contribution in [0.5, 0.6) is 23.0 Å². The molecule has 0 radical (unpaired) electrons. The molecule has 0 aliphatic carbocycles. The predicted octanol–water partition coefficient (Wildman–Crippen LogP) is 3.24. The van der Waals surface area contributed by atoms with Crippen molar-refractivity contribution in [1.82, 2.24) is 21.4 Å². The predicted molar refractivity (Wildman–Crippen MR) is 289 cm³/mol. The van der Waals surface area contributed by atoms with Crippen LogP contribution >= 0.6 is 0 Å². The van der Waals surface area contributed by atoms with Crippen molar-refractivity contribution in [3.63, 3.8) is 0 Å². The van der Waals surface area contributed by atoms with Crippen LogP contribution in [0.15, 0.2) is 44.6 Å². The van der Waals surface area contributed by atoms with Crippen molar-refractivity contribution in [1.29, 1.82) is 0 Å². The zero-order chi connectivity index (χ0) is 56.3. The number of esters is 1. The Morgan fingerprint density at radius 3 is 1.64 bits per heavy atom. The van der Waals surface area contributed by atoms with E-state index in [1.165, 1.54) is 33.5 Å². The van der Waals surface area contributed by atoms with E-state index in [9.17, 15) is 38.7 Å². The minimum absolute atomic E-state index is 0.00225. The Balaban J connectivity index is 2.11. The minimum atomic E-state index is -1.21. The smallest absolute Gasteiger partial charge is 0.328 e. The zero-order valence-electron chi connectivity index (χ0n) is 45.3. The highest BCUT2D eigenvalue weighted by molar-refractivity contribution is 6.40. The Bertz CT molecular complexity index is 2550. The van der Waals surface area contributed by atoms with Crippen LogP contribution in [0.25, 0.3) is 21.9 Å². The molecule has 0 spiro atoms. The van der Waals surface area contributed by atoms with Gasteiger partial charge in [0.25, 0.3) is 5.91 Å². The van der Waals surface area contributed by atoms with Crippen molar-refractivity contribution < 1.29 is 62.1 Å². The highest BCUT2D eigenvalue weighted by Crippen LogP contribution is 2.42. The van der Waals surface area contributed by atoms with Gasteiger partial charge in [0.15, 0.2) is 24.7 Å². The molecule has 22 nitrogen and oxygen atoms in total. The average Bonchev–Trinajstić information content (AvgIpc) is 3.39. The van der Waals surface area contributed by atoms with Gasteiger partial charge in [0.2, 0.25) is 28.8 Å². The summed E-state index contributed by atoms with van der Waals surface area (Å²) in [4.78, 5) is 101. The number of allylic oxidation sites excluding steroid dienone is 4. The Labute approximate surface area is 444 Å². The number of aromatic hydroxyl groups is 1. The van der Waals surface area contributed by atoms with Crippen molar-refractivity contribution in [3.05, 3.63) is 56.8 Å². The van der Waals surface area contributed by atoms with E-state index < -0.39 is 83.8 Å². The van der Waals surface area contributed by atoms with E-state index in [1.807, 2.05) is 33.8 Å². The molecule has 0 aliphatic rings. The number of amides is 3. The van der Waals surface area contributed by atoms with Gasteiger partial charge in [-0.2, -0.15) is 5.48 Å². The molecule has 0 fully saturated rings. The number of phenols is 1. The van der Waals surface area contributed by atoms with E-state index >= 15 is 0 Å². The molecule has 3 aromatic rings. The van der Waals surface area contributed by atoms with Gasteiger partial charge in [-0.25, -0.2) is 4.79 Å². The molecule has 0 saturated carbocycles. The van der Waals surface area contributed by atoms with E-state index in [-0.39, 0.29) is 76.9 Å². The average molecular weight is 1070 g/mol. The maximum absolute atomic E-state index is 14.8. The van der Waals surface area contributed by atoms with Crippen LogP contribution in [-0.4, -0.2) is 125 Å². The fourth-order valence-electron chi connectivity index (χ4n) is 8.29. The first-order valence-corrected chi connectivity index (χ1v) is 25.9. The number of nitrogens with one attached hydrogen (secondary N) is 4. The number of ether oxygens (including phenoxy) is 4. The molecule has 13 N–H and O–H groups in total. The molecule has 1 aromatic heterocycles. The molecule has 0 bridgehead atoms. The van der Waals surface area contributed by atoms with Gasteiger partial charge in [-0.15, -0.1) is 0 Å². The summed E-state index contributed by atoms with van der Waals surface area (Å²) in [7, 11) is 3.95. The molecule has 0 aliphatic heterocycles. The summed E-state index contributed by atoms with van der Waals surface area (Å²) in [6.07, 6.45) is 9.23. The molecule has 422 valence electrons. The van der Waals surface area contributed by atoms with Crippen molar-refractivity contribution in [2.75, 3.05) is 60.7 Å². The van der Waals surface area contributed by atoms with E-state index in [0.717, 1.165) is 11.1 Å². The van der Waals surface area contributed by atoms with Gasteiger partial charge in [0.05, 0.1) is 32.8 Å². The number of unbranched alkanes of at least 4 members (excludes halogenated alkanes) is 4. The van der Waals surface area contributed by atoms with Crippen molar-refractivity contribution in [2.24, 2.45) is 22.9 Å². The van der Waals surface area contributed by atoms with Gasteiger partial charge in [-0.1, -0.05) is 29.7 Å². The fraction of sp³-hybridized carbons (Fsp3) is 0.574. The molecule has 3 amide bonds. The largest absolute Gasteiger partial charge is 0.507 e. The minimum Gasteiger partial charge on any atom is -0.507 e. The van der Waals surface area contributed by atoms with E-state index in [1.54, 1.807) is 6.08 Å². The van der Waals surface area contributed by atoms with E-state index in [4.69, 9.17) is 51.1 Å². The first-order chi connectivity index (χ1) is 36.4. The molecule has 3 rings (SSSR count). The van der Waals surface area contributed by atoms with Crippen LogP contribution in [0, 0.1) is 0 Å². The lowest BCUT2D eigenvalue weighted by atomic mass is 9.98. The lowest BCUT2D eigenvalue weighted by Gasteiger charge is -2.23. The molecule has 0 unspecified atom stereocenters. The summed E-state index contributed by atoms with van der Waals surface area (Å²) in [6, 6.07) is -1.37. The molecular weight excluding hydrogens is 985 g/mol. The van der Waals surface area contributed by atoms with Crippen LogP contribution in [0.3, 0.4) is 0 Å². The molecule has 4 atom stereocenters. The van der Waals surface area contributed by atoms with Gasteiger partial charge in [0.1, 0.15) is 46.2 Å². The van der Waals surface area contributed by atoms with E-state index in [0.29, 0.717) is 89.5 Å². The number of nitrogens with two attached hydrogens (primary N) is 4. The number of hydroxylamine groups is 1. The van der Waals surface area contributed by atoms with Crippen LogP contribution in [0.2, 0.25) is 0 Å². The summed E-state index contributed by atoms with van der Waals surface area (Å²) in [5.74, 6) is -4.83. The van der Waals surface area contributed by atoms with Gasteiger partial charge >= 0.3 is 5.97 Å². The second-order valence-electron chi connectivity index (χ2n) is 18.9. The quantitative estimate of drug-likeness (QED) is 0.00999. The van der Waals surface area contributed by atoms with E-state index in [2.05, 4.69) is 21.4 Å². The van der Waals surface area contributed by atoms with Crippen LogP contribution < -0.4 is 64.0 Å². The topological polar surface area (TPSA) is 351 Å². The molecule has 22 heteroatoms. The summed E-state index contributed by atoms with van der Waals surface area (Å²) < 4.78 is 29.3. The number of rotatable bonds is 37. The Morgan fingerprint density at radius 2 is 1.11 bits per heavy atom. The maximum Gasteiger partial charge on any atom is 0.328 e. The number of phenolic OH excluding ortho intramolecular Hbond substituents is 1. The van der Waals surface area contributed by atoms with Crippen molar-refractivity contribution in [3.8, 4) is 23.0 Å². The molecule has 2 aromatic carbocycles. The normalized spacial score (nSPS) is 12.7. The number of fused-ring (bicyclic) bond motifs is 2. The number of methoxy groups -OCH3 is 2. The van der Waals surface area contributed by atoms with Crippen LogP contribution in [-0.2, 0) is 51.2 Å². The Hall–Kier alpha value is -6.43. The highest BCUT2D eigenvalue weighted by atomic mass is 16.6. The number of hydrogen-bond donors (Lipinski definition) is 9. The van der Waals surface area contributed by atoms with Gasteiger partial charge in [0, 0.05) is 23.3 Å². The molecular formula is C54H82N8O14. The van der Waals surface area contributed by atoms with Crippen LogP contribution in [0.4, 0.5) is 0 Å². The van der Waals surface area contributed by atoms with Gasteiger partial charge in [-0.3, -0.25) is 28.8 Å². The number of benzene rings is 2. The number of carbonyl (C=O) groups is 6. The van der Waals surface area contributed by atoms with Crippen molar-refractivity contribution in [2.45, 2.75) is 142 Å². The SMILES string of the molecule is CON[C@@H](CCCCN)C(=O)N[C@@H](CCCCN)C(=O)C(=O)COc1cc2oc3cc(OCC(=O)N[C@@H](CCCCN)C(=O)N[C@@H](CCCCN)C(=O)OC)c(OC)c(CC=C(C)C)c3c(=O)c2c(O)c1CC=C(C)C. The van der Waals surface area contributed by atoms with Gasteiger partial charge < -0.3 is 72.2 Å². The third-order valence-electron chi connectivity index (χ3n) is 12.4. The molecule has 0 saturated heterocycles. The molecule has 76 heavy (non-hydrogen) atoms. The maximum atomic E-state index is 14.8. The number of ketones is 2. The fourth-order valence-corrected chi connectivity index (χ4v) is 8.29. The van der Waals surface area contributed by atoms with Gasteiger partial charge in [-0.05, 0) is 137 Å². The highest BCUT2D eigenvalue weighted by Gasteiger charge is 2.32. The summed E-state index contributed by atoms with van der Waals surface area (Å²) in [6.45, 7) is 7.50. The molecule has 1 heterocycles. The lowest BCUT2D eigenvalue weighted by Crippen LogP contribution is -2.52. The number of carbonyl (C=O) groups excluding carboxylic acids is 6. The first-order valence-electron chi connectivity index (χ1n) is 25.9. The summed E-state index contributed by atoms with van der Waals surface area (Å²) in [5, 5.41) is 20.0. The Kier molecular flexibility index (Phi) is 28.2. The third-order valence-corrected chi connectivity index (χ3v) is 12.4. The van der Waals surface area contributed by atoms with Crippen LogP contribution in [0.1, 0.15) is 116 Å². The monoisotopic (exact) mass is 1070 g/mol. The summed E-state index contributed by atoms with van der Waals surface area (Å²) >= 11 is 0. The second kappa shape index (κ2) is 33.6. The first kappa shape index (κ1) is 63.9. The zero-order valence-corrected chi connectivity index (χ0v) is 45.3. The number of hydrogen-bond acceptors (Lipinski definition) is 19. The summed E-state index contributed by atoms with van der Waals surface area (Å²) in [5.41, 5.74) is 26.8. The number of Topliss-reactive ketones (excluding diaryl/α,β-unsaturated/α-hetero) is 2. The second-order valence-corrected chi connectivity index (χ2v) is 18.9. The lowest BCUT2D eigenvalue weighted by molar-refractivity contribution is -0.145. The Morgan fingerprint density at radius 1 is 0.618 bits per heavy atom.